The molecule has 8 N–H and O–H groups in total. The number of halogens is 3. The summed E-state index contributed by atoms with van der Waals surface area (Å²) in [6.07, 6.45) is -5.33. The van der Waals surface area contributed by atoms with E-state index in [9.17, 15) is 42.6 Å². The molecule has 6 atom stereocenters. The molecule has 0 bridgehead atoms. The van der Waals surface area contributed by atoms with E-state index in [2.05, 4.69) is 5.32 Å². The topological polar surface area (TPSA) is 217 Å². The lowest BCUT2D eigenvalue weighted by Crippen LogP contribution is -2.65. The summed E-state index contributed by atoms with van der Waals surface area (Å²) >= 11 is 0. The van der Waals surface area contributed by atoms with Gasteiger partial charge in [0.2, 0.25) is 23.6 Å². The van der Waals surface area contributed by atoms with Gasteiger partial charge in [0, 0.05) is 19.5 Å². The molecule has 0 spiro atoms. The van der Waals surface area contributed by atoms with E-state index < -0.39 is 65.7 Å². The van der Waals surface area contributed by atoms with Crippen LogP contribution in [0, 0.1) is 0 Å². The molecule has 4 amide bonds. The van der Waals surface area contributed by atoms with E-state index in [0.717, 1.165) is 5.56 Å². The first-order valence-electron chi connectivity index (χ1n) is 13.6. The average molecular weight is 618 g/mol. The molecule has 1 aromatic rings. The van der Waals surface area contributed by atoms with Crippen LogP contribution >= 0.6 is 0 Å². The monoisotopic (exact) mass is 617 g/mol. The molecule has 2 aliphatic heterocycles. The highest BCUT2D eigenvalue weighted by atomic mass is 19.4. The minimum Gasteiger partial charge on any atom is -0.475 e. The Hall–Kier alpha value is -3.76. The summed E-state index contributed by atoms with van der Waals surface area (Å²) in [7, 11) is 0. The van der Waals surface area contributed by atoms with Crippen LogP contribution in [0.25, 0.3) is 0 Å². The molecule has 3 rings (SSSR count). The van der Waals surface area contributed by atoms with Gasteiger partial charge in [0.25, 0.3) is 0 Å². The van der Waals surface area contributed by atoms with E-state index in [1.807, 2.05) is 30.3 Å². The molecule has 0 unspecified atom stereocenters. The van der Waals surface area contributed by atoms with Gasteiger partial charge < -0.3 is 41.9 Å². The van der Waals surface area contributed by atoms with Crippen LogP contribution in [-0.2, 0) is 30.4 Å². The average Bonchev–Trinajstić information content (AvgIpc) is 3.58. The summed E-state index contributed by atoms with van der Waals surface area (Å²) in [6.45, 7) is 3.39. The zero-order valence-electron chi connectivity index (χ0n) is 23.8. The van der Waals surface area contributed by atoms with Crippen molar-refractivity contribution in [3.05, 3.63) is 35.9 Å². The number of aliphatic hydroxyl groups excluding tert-OH is 2. The van der Waals surface area contributed by atoms with E-state index >= 15 is 0 Å². The third-order valence-corrected chi connectivity index (χ3v) is 7.46. The van der Waals surface area contributed by atoms with Gasteiger partial charge in [0.05, 0.1) is 12.2 Å². The lowest BCUT2D eigenvalue weighted by molar-refractivity contribution is -0.192. The number of nitrogens with two attached hydrogens (primary N) is 2. The molecule has 0 aromatic heterocycles. The number of likely N-dealkylation sites (tertiary alicyclic amines) is 2. The first kappa shape index (κ1) is 35.4. The van der Waals surface area contributed by atoms with Gasteiger partial charge in [-0.1, -0.05) is 30.3 Å². The summed E-state index contributed by atoms with van der Waals surface area (Å²) in [5, 5.41) is 29.5. The molecule has 0 saturated carbocycles. The number of carboxylic acid groups (broad SMARTS) is 1. The second-order valence-corrected chi connectivity index (χ2v) is 10.6. The van der Waals surface area contributed by atoms with Gasteiger partial charge >= 0.3 is 12.1 Å². The number of carbonyl (C=O) groups excluding carboxylic acids is 4. The van der Waals surface area contributed by atoms with Gasteiger partial charge in [-0.25, -0.2) is 4.79 Å². The Labute approximate surface area is 246 Å². The molecule has 2 saturated heterocycles. The Bertz CT molecular complexity index is 1170. The van der Waals surface area contributed by atoms with Crippen molar-refractivity contribution < 1.29 is 52.5 Å². The van der Waals surface area contributed by atoms with Gasteiger partial charge in [0.15, 0.2) is 0 Å². The van der Waals surface area contributed by atoms with Crippen molar-refractivity contribution >= 4 is 29.6 Å². The van der Waals surface area contributed by atoms with Crippen molar-refractivity contribution in [1.82, 2.24) is 15.1 Å². The Morgan fingerprint density at radius 1 is 1.05 bits per heavy atom. The number of rotatable bonds is 9. The van der Waals surface area contributed by atoms with Crippen LogP contribution in [0.1, 0.15) is 45.1 Å². The number of benzene rings is 1. The highest BCUT2D eigenvalue weighted by Crippen LogP contribution is 2.36. The summed E-state index contributed by atoms with van der Waals surface area (Å²) in [6, 6.07) is 5.92. The van der Waals surface area contributed by atoms with Gasteiger partial charge in [-0.15, -0.1) is 0 Å². The predicted octanol–water partition coefficient (Wildman–Crippen LogP) is -0.726. The molecule has 2 heterocycles. The van der Waals surface area contributed by atoms with E-state index in [4.69, 9.17) is 21.4 Å². The van der Waals surface area contributed by atoms with Crippen LogP contribution in [0.5, 0.6) is 0 Å². The molecule has 16 heteroatoms. The van der Waals surface area contributed by atoms with Crippen LogP contribution in [0.15, 0.2) is 30.3 Å². The molecule has 2 fully saturated rings. The molecule has 0 radical (unpaired) electrons. The SMILES string of the molecule is C[C@@H](O)[C@H](N)C(=O)N1CCC[C@H]1C(=O)N1CCC[C@@]1(Cc1ccccc1)C(=O)N[C@H](C(N)=O)[C@@H](C)O.O=C(O)C(F)(F)F. The van der Waals surface area contributed by atoms with Crippen LogP contribution in [0.2, 0.25) is 0 Å². The fourth-order valence-corrected chi connectivity index (χ4v) is 5.20. The van der Waals surface area contributed by atoms with Gasteiger partial charge in [-0.3, -0.25) is 19.2 Å². The number of hydrogen-bond acceptors (Lipinski definition) is 8. The maximum absolute atomic E-state index is 13.9. The maximum Gasteiger partial charge on any atom is 0.490 e. The fourth-order valence-electron chi connectivity index (χ4n) is 5.20. The fraction of sp³-hybridized carbons (Fsp3) is 0.593. The van der Waals surface area contributed by atoms with Crippen LogP contribution < -0.4 is 16.8 Å². The molecule has 13 nitrogen and oxygen atoms in total. The van der Waals surface area contributed by atoms with Crippen molar-refractivity contribution in [1.29, 1.82) is 0 Å². The molecular formula is C27H38F3N5O8. The Morgan fingerprint density at radius 3 is 2.12 bits per heavy atom. The first-order valence-corrected chi connectivity index (χ1v) is 13.6. The van der Waals surface area contributed by atoms with E-state index in [-0.39, 0.29) is 18.9 Å². The van der Waals surface area contributed by atoms with Crippen molar-refractivity contribution in [2.75, 3.05) is 13.1 Å². The van der Waals surface area contributed by atoms with Gasteiger partial charge in [-0.05, 0) is 45.1 Å². The number of carbonyl (C=O) groups is 5. The second kappa shape index (κ2) is 14.6. The largest absolute Gasteiger partial charge is 0.490 e. The van der Waals surface area contributed by atoms with Crippen molar-refractivity contribution in [2.24, 2.45) is 11.5 Å². The van der Waals surface area contributed by atoms with Crippen molar-refractivity contribution in [3.63, 3.8) is 0 Å². The molecular weight excluding hydrogens is 579 g/mol. The van der Waals surface area contributed by atoms with Crippen molar-refractivity contribution in [3.8, 4) is 0 Å². The molecule has 43 heavy (non-hydrogen) atoms. The summed E-state index contributed by atoms with van der Waals surface area (Å²) in [4.78, 5) is 64.3. The Balaban J connectivity index is 0.000000821. The minimum atomic E-state index is -5.08. The molecule has 240 valence electrons. The number of amides is 4. The van der Waals surface area contributed by atoms with Crippen LogP contribution in [0.3, 0.4) is 0 Å². The lowest BCUT2D eigenvalue weighted by Gasteiger charge is -2.41. The third kappa shape index (κ3) is 8.64. The molecule has 1 aromatic carbocycles. The normalized spacial score (nSPS) is 22.9. The lowest BCUT2D eigenvalue weighted by atomic mass is 9.86. The van der Waals surface area contributed by atoms with Crippen molar-refractivity contribution in [2.45, 2.75) is 88.0 Å². The first-order chi connectivity index (χ1) is 19.9. The van der Waals surface area contributed by atoms with E-state index in [1.54, 1.807) is 0 Å². The van der Waals surface area contributed by atoms with E-state index in [0.29, 0.717) is 32.2 Å². The predicted molar refractivity (Wildman–Crippen MR) is 145 cm³/mol. The number of aliphatic hydroxyl groups is 2. The van der Waals surface area contributed by atoms with Crippen LogP contribution in [0.4, 0.5) is 13.2 Å². The summed E-state index contributed by atoms with van der Waals surface area (Å²) < 4.78 is 31.7. The standard InChI is InChI=1S/C25H37N5O6.C2HF3O2/c1-15(31)19(26)23(35)29-12-6-10-18(29)22(34)30-13-7-11-25(30,14-17-8-4-3-5-9-17)24(36)28-20(16(2)32)21(27)33;3-2(4,5)1(6)7/h3-5,8-9,15-16,18-20,31-32H,6-7,10-14,26H2,1-2H3,(H2,27,33)(H,28,36);(H,6,7)/t15-,16-,18+,19+,20+,25-;/m1./s1. The number of nitrogens with zero attached hydrogens (tertiary/aromatic N) is 2. The highest BCUT2D eigenvalue weighted by molar-refractivity contribution is 5.98. The number of aliphatic carboxylic acids is 1. The number of alkyl halides is 3. The van der Waals surface area contributed by atoms with E-state index in [1.165, 1.54) is 23.6 Å². The molecule has 2 aliphatic rings. The number of nitrogens with one attached hydrogen (secondary N) is 1. The summed E-state index contributed by atoms with van der Waals surface area (Å²) in [5.41, 5.74) is 10.8. The van der Waals surface area contributed by atoms with Crippen LogP contribution in [-0.4, -0.2) is 110 Å². The number of primary amides is 1. The molecule has 0 aliphatic carbocycles. The number of hydrogen-bond donors (Lipinski definition) is 6. The highest BCUT2D eigenvalue weighted by Gasteiger charge is 2.53. The minimum absolute atomic E-state index is 0.185. The zero-order valence-corrected chi connectivity index (χ0v) is 23.8. The van der Waals surface area contributed by atoms with Gasteiger partial charge in [0.1, 0.15) is 23.7 Å². The zero-order chi connectivity index (χ0) is 32.7. The Kier molecular flexibility index (Phi) is 12.0. The third-order valence-electron chi connectivity index (χ3n) is 7.46. The summed E-state index contributed by atoms with van der Waals surface area (Å²) in [5.74, 6) is -5.12. The Morgan fingerprint density at radius 2 is 1.63 bits per heavy atom. The second-order valence-electron chi connectivity index (χ2n) is 10.6. The number of carboxylic acids is 1. The van der Waals surface area contributed by atoms with Gasteiger partial charge in [-0.2, -0.15) is 13.2 Å². The smallest absolute Gasteiger partial charge is 0.475 e. The quantitative estimate of drug-likeness (QED) is 0.206. The maximum atomic E-state index is 13.9.